The van der Waals surface area contributed by atoms with E-state index in [2.05, 4.69) is 16.2 Å². The maximum absolute atomic E-state index is 11.3. The van der Waals surface area contributed by atoms with Gasteiger partial charge < -0.3 is 5.11 Å². The first kappa shape index (κ1) is 15.4. The molecule has 0 spiro atoms. The van der Waals surface area contributed by atoms with Gasteiger partial charge in [-0.3, -0.25) is 30.6 Å². The summed E-state index contributed by atoms with van der Waals surface area (Å²) >= 11 is 0. The van der Waals surface area contributed by atoms with Gasteiger partial charge in [-0.05, 0) is 12.8 Å². The van der Waals surface area contributed by atoms with Crippen molar-refractivity contribution in [2.75, 3.05) is 6.54 Å². The maximum atomic E-state index is 11.3. The van der Waals surface area contributed by atoms with Crippen LogP contribution in [0.3, 0.4) is 0 Å². The van der Waals surface area contributed by atoms with Crippen LogP contribution >= 0.6 is 0 Å². The number of hydrogen-bond acceptors (Lipinski definition) is 4. The van der Waals surface area contributed by atoms with Crippen molar-refractivity contribution in [2.24, 2.45) is 0 Å². The van der Waals surface area contributed by atoms with Crippen LogP contribution in [0.25, 0.3) is 0 Å². The van der Waals surface area contributed by atoms with Gasteiger partial charge >= 0.3 is 5.97 Å². The molecular weight excluding hydrogens is 226 g/mol. The lowest BCUT2D eigenvalue weighted by Crippen LogP contribution is -2.55. The van der Waals surface area contributed by atoms with Crippen LogP contribution in [-0.4, -0.2) is 35.0 Å². The van der Waals surface area contributed by atoms with Crippen LogP contribution in [0.1, 0.15) is 33.6 Å². The number of carbonyl (C=O) groups excluding carboxylic acids is 2. The first-order chi connectivity index (χ1) is 7.88. The van der Waals surface area contributed by atoms with Gasteiger partial charge in [0.1, 0.15) is 5.54 Å². The van der Waals surface area contributed by atoms with Crippen molar-refractivity contribution in [3.8, 4) is 0 Å². The van der Waals surface area contributed by atoms with Crippen LogP contribution in [0.5, 0.6) is 0 Å². The van der Waals surface area contributed by atoms with Gasteiger partial charge in [-0.1, -0.05) is 13.8 Å². The lowest BCUT2D eigenvalue weighted by molar-refractivity contribution is -0.145. The van der Waals surface area contributed by atoms with Crippen molar-refractivity contribution in [2.45, 2.75) is 39.2 Å². The fourth-order valence-electron chi connectivity index (χ4n) is 1.33. The van der Waals surface area contributed by atoms with Gasteiger partial charge in [-0.2, -0.15) is 0 Å². The topological polar surface area (TPSA) is 108 Å². The molecule has 0 bridgehead atoms. The number of carbonyl (C=O) groups is 3. The molecule has 0 aromatic rings. The Morgan fingerprint density at radius 1 is 1.12 bits per heavy atom. The Bertz CT molecular complexity index is 300. The fraction of sp³-hybridized carbons (Fsp3) is 0.700. The molecule has 2 amide bonds. The highest BCUT2D eigenvalue weighted by Crippen LogP contribution is 2.14. The summed E-state index contributed by atoms with van der Waals surface area (Å²) < 4.78 is 0. The van der Waals surface area contributed by atoms with Gasteiger partial charge in [-0.25, -0.2) is 0 Å². The maximum Gasteiger partial charge on any atom is 0.323 e. The molecule has 0 fully saturated rings. The minimum absolute atomic E-state index is 0.172. The van der Waals surface area contributed by atoms with E-state index in [1.165, 1.54) is 6.92 Å². The molecule has 0 heterocycles. The molecule has 98 valence electrons. The first-order valence-corrected chi connectivity index (χ1v) is 5.41. The third-order valence-electron chi connectivity index (χ3n) is 2.58. The molecule has 0 atom stereocenters. The van der Waals surface area contributed by atoms with Gasteiger partial charge in [0.25, 0.3) is 5.91 Å². The highest BCUT2D eigenvalue weighted by molar-refractivity contribution is 5.83. The molecule has 0 saturated heterocycles. The number of hydrazine groups is 1. The van der Waals surface area contributed by atoms with E-state index < -0.39 is 23.3 Å². The third-order valence-corrected chi connectivity index (χ3v) is 2.58. The number of rotatable bonds is 6. The summed E-state index contributed by atoms with van der Waals surface area (Å²) in [5.41, 5.74) is 3.17. The Morgan fingerprint density at radius 3 is 2.00 bits per heavy atom. The molecule has 0 aliphatic heterocycles. The van der Waals surface area contributed by atoms with E-state index in [0.717, 1.165) is 0 Å². The quantitative estimate of drug-likeness (QED) is 0.467. The van der Waals surface area contributed by atoms with Crippen LogP contribution in [0.2, 0.25) is 0 Å². The monoisotopic (exact) mass is 245 g/mol. The predicted octanol–water partition coefficient (Wildman–Crippen LogP) is -0.613. The minimum atomic E-state index is -1.10. The van der Waals surface area contributed by atoms with E-state index in [4.69, 9.17) is 5.11 Å². The van der Waals surface area contributed by atoms with Crippen molar-refractivity contribution in [1.29, 1.82) is 0 Å². The van der Waals surface area contributed by atoms with Gasteiger partial charge in [0.05, 0.1) is 6.54 Å². The molecule has 7 nitrogen and oxygen atoms in total. The van der Waals surface area contributed by atoms with Crippen molar-refractivity contribution in [1.82, 2.24) is 16.2 Å². The summed E-state index contributed by atoms with van der Waals surface area (Å²) in [5, 5.41) is 11.8. The van der Waals surface area contributed by atoms with Crippen molar-refractivity contribution in [3.05, 3.63) is 0 Å². The minimum Gasteiger partial charge on any atom is -0.480 e. The van der Waals surface area contributed by atoms with Crippen LogP contribution < -0.4 is 16.2 Å². The zero-order chi connectivity index (χ0) is 13.5. The zero-order valence-electron chi connectivity index (χ0n) is 10.3. The normalized spacial score (nSPS) is 10.8. The summed E-state index contributed by atoms with van der Waals surface area (Å²) in [6.07, 6.45) is 0.735. The number of hydrogen-bond donors (Lipinski definition) is 4. The van der Waals surface area contributed by atoms with Crippen LogP contribution in [0.15, 0.2) is 0 Å². The summed E-state index contributed by atoms with van der Waals surface area (Å²) in [4.78, 5) is 32.9. The molecule has 0 radical (unpaired) electrons. The second-order valence-corrected chi connectivity index (χ2v) is 3.68. The SMILES string of the molecule is CCC(CC)(NCC(=O)NNC(C)=O)C(=O)O. The lowest BCUT2D eigenvalue weighted by atomic mass is 9.93. The number of nitrogens with one attached hydrogen (secondary N) is 3. The highest BCUT2D eigenvalue weighted by Gasteiger charge is 2.34. The second kappa shape index (κ2) is 6.85. The number of aliphatic carboxylic acids is 1. The Labute approximate surface area is 99.9 Å². The lowest BCUT2D eigenvalue weighted by Gasteiger charge is -2.27. The second-order valence-electron chi connectivity index (χ2n) is 3.68. The molecule has 0 rings (SSSR count). The summed E-state index contributed by atoms with van der Waals surface area (Å²) in [7, 11) is 0. The number of carboxylic acid groups (broad SMARTS) is 1. The van der Waals surface area contributed by atoms with E-state index in [1.54, 1.807) is 13.8 Å². The summed E-state index contributed by atoms with van der Waals surface area (Å²) in [6.45, 7) is 4.55. The predicted molar refractivity (Wildman–Crippen MR) is 60.9 cm³/mol. The molecule has 17 heavy (non-hydrogen) atoms. The largest absolute Gasteiger partial charge is 0.480 e. The van der Waals surface area contributed by atoms with E-state index in [-0.39, 0.29) is 6.54 Å². The molecule has 0 aromatic heterocycles. The zero-order valence-corrected chi connectivity index (χ0v) is 10.3. The van der Waals surface area contributed by atoms with Crippen LogP contribution in [0, 0.1) is 0 Å². The van der Waals surface area contributed by atoms with Crippen molar-refractivity contribution in [3.63, 3.8) is 0 Å². The molecule has 0 aromatic carbocycles. The fourth-order valence-corrected chi connectivity index (χ4v) is 1.33. The summed E-state index contributed by atoms with van der Waals surface area (Å²) in [5.74, 6) is -1.88. The first-order valence-electron chi connectivity index (χ1n) is 5.41. The molecule has 7 heteroatoms. The molecule has 4 N–H and O–H groups in total. The van der Waals surface area contributed by atoms with E-state index in [0.29, 0.717) is 12.8 Å². The van der Waals surface area contributed by atoms with Crippen LogP contribution in [-0.2, 0) is 14.4 Å². The Hall–Kier alpha value is -1.63. The van der Waals surface area contributed by atoms with Gasteiger partial charge in [-0.15, -0.1) is 0 Å². The molecule has 0 unspecified atom stereocenters. The van der Waals surface area contributed by atoms with Gasteiger partial charge in [0.2, 0.25) is 5.91 Å². The van der Waals surface area contributed by atoms with Crippen LogP contribution in [0.4, 0.5) is 0 Å². The van der Waals surface area contributed by atoms with E-state index in [9.17, 15) is 14.4 Å². The molecular formula is C10H19N3O4. The van der Waals surface area contributed by atoms with Crippen molar-refractivity contribution >= 4 is 17.8 Å². The smallest absolute Gasteiger partial charge is 0.323 e. The molecule has 0 saturated carbocycles. The highest BCUT2D eigenvalue weighted by atomic mass is 16.4. The van der Waals surface area contributed by atoms with Gasteiger partial charge in [0.15, 0.2) is 0 Å². The average molecular weight is 245 g/mol. The Kier molecular flexibility index (Phi) is 6.19. The summed E-state index contributed by atoms with van der Waals surface area (Å²) in [6, 6.07) is 0. The molecule has 0 aliphatic carbocycles. The molecule has 0 aliphatic rings. The van der Waals surface area contributed by atoms with E-state index in [1.807, 2.05) is 0 Å². The number of amides is 2. The third kappa shape index (κ3) is 4.81. The van der Waals surface area contributed by atoms with Gasteiger partial charge in [0, 0.05) is 6.92 Å². The number of carboxylic acids is 1. The van der Waals surface area contributed by atoms with Crippen molar-refractivity contribution < 1.29 is 19.5 Å². The Morgan fingerprint density at radius 2 is 1.65 bits per heavy atom. The van der Waals surface area contributed by atoms with E-state index >= 15 is 0 Å². The standard InChI is InChI=1S/C10H19N3O4/c1-4-10(5-2,9(16)17)11-6-8(15)13-12-7(3)14/h11H,4-6H2,1-3H3,(H,12,14)(H,13,15)(H,16,17). The average Bonchev–Trinajstić information content (AvgIpc) is 2.28. The Balaban J connectivity index is 4.27.